The maximum Gasteiger partial charge on any atom is 0.256 e. The van der Waals surface area contributed by atoms with Crippen LogP contribution >= 0.6 is 12.2 Å². The predicted molar refractivity (Wildman–Crippen MR) is 104 cm³/mol. The van der Waals surface area contributed by atoms with Gasteiger partial charge in [-0.3, -0.25) is 9.59 Å². The third-order valence-electron chi connectivity index (χ3n) is 4.92. The second kappa shape index (κ2) is 9.09. The highest BCUT2D eigenvalue weighted by Gasteiger charge is 2.23. The Balaban J connectivity index is 1.62. The Morgan fingerprint density at radius 3 is 2.50 bits per heavy atom. The molecule has 1 aromatic rings. The second-order valence-electron chi connectivity index (χ2n) is 6.73. The molecule has 0 atom stereocenters. The summed E-state index contributed by atoms with van der Waals surface area (Å²) in [6.07, 6.45) is 5.22. The highest BCUT2D eigenvalue weighted by atomic mass is 32.1. The fourth-order valence-electron chi connectivity index (χ4n) is 3.45. The first-order valence-electron chi connectivity index (χ1n) is 9.23. The lowest BCUT2D eigenvalue weighted by Gasteiger charge is -2.27. The normalized spacial score (nSPS) is 18.2. The van der Waals surface area contributed by atoms with Crippen molar-refractivity contribution in [3.8, 4) is 0 Å². The highest BCUT2D eigenvalue weighted by Crippen LogP contribution is 2.24. The molecule has 0 spiro atoms. The Kier molecular flexibility index (Phi) is 6.57. The Morgan fingerprint density at radius 2 is 1.77 bits per heavy atom. The molecule has 0 unspecified atom stereocenters. The summed E-state index contributed by atoms with van der Waals surface area (Å²) in [6.45, 7) is 2.26. The number of hydrogen-bond acceptors (Lipinski definition) is 4. The number of rotatable bonds is 3. The van der Waals surface area contributed by atoms with Crippen molar-refractivity contribution in [1.29, 1.82) is 0 Å². The molecule has 1 saturated carbocycles. The fourth-order valence-corrected chi connectivity index (χ4v) is 3.66. The van der Waals surface area contributed by atoms with Crippen LogP contribution in [0.4, 0.5) is 5.69 Å². The second-order valence-corrected chi connectivity index (χ2v) is 7.14. The van der Waals surface area contributed by atoms with Gasteiger partial charge in [0.1, 0.15) is 0 Å². The Morgan fingerprint density at radius 1 is 1.08 bits per heavy atom. The van der Waals surface area contributed by atoms with Crippen LogP contribution in [-0.2, 0) is 9.53 Å². The van der Waals surface area contributed by atoms with Gasteiger partial charge in [-0.15, -0.1) is 0 Å². The minimum atomic E-state index is -0.0576. The van der Waals surface area contributed by atoms with Gasteiger partial charge in [0, 0.05) is 19.0 Å². The van der Waals surface area contributed by atoms with Gasteiger partial charge in [-0.25, -0.2) is 0 Å². The number of carbonyl (C=O) groups excluding carboxylic acids is 2. The lowest BCUT2D eigenvalue weighted by molar-refractivity contribution is -0.124. The molecule has 7 heteroatoms. The van der Waals surface area contributed by atoms with Gasteiger partial charge in [-0.1, -0.05) is 31.4 Å². The summed E-state index contributed by atoms with van der Waals surface area (Å²) < 4.78 is 5.30. The number of amides is 2. The highest BCUT2D eigenvalue weighted by molar-refractivity contribution is 7.80. The Labute approximate surface area is 159 Å². The largest absolute Gasteiger partial charge is 0.378 e. The molecule has 140 valence electrons. The van der Waals surface area contributed by atoms with Crippen molar-refractivity contribution in [3.05, 3.63) is 29.8 Å². The van der Waals surface area contributed by atoms with E-state index >= 15 is 0 Å². The zero-order valence-corrected chi connectivity index (χ0v) is 15.6. The van der Waals surface area contributed by atoms with Crippen LogP contribution in [0.3, 0.4) is 0 Å². The summed E-state index contributed by atoms with van der Waals surface area (Å²) in [7, 11) is 0. The lowest BCUT2D eigenvalue weighted by atomic mass is 9.89. The maximum atomic E-state index is 12.8. The summed E-state index contributed by atoms with van der Waals surface area (Å²) in [4.78, 5) is 26.9. The summed E-state index contributed by atoms with van der Waals surface area (Å²) in [5, 5.41) is 6.04. The molecular formula is C19H25N3O3S. The van der Waals surface area contributed by atoms with Gasteiger partial charge in [-0.05, 0) is 37.2 Å². The number of nitrogens with one attached hydrogen (secondary N) is 2. The topological polar surface area (TPSA) is 70.7 Å². The maximum absolute atomic E-state index is 12.8. The van der Waals surface area contributed by atoms with Crippen molar-refractivity contribution < 1.29 is 14.3 Å². The third-order valence-corrected chi connectivity index (χ3v) is 5.12. The van der Waals surface area contributed by atoms with Gasteiger partial charge < -0.3 is 20.3 Å². The van der Waals surface area contributed by atoms with E-state index in [0.29, 0.717) is 37.6 Å². The molecular weight excluding hydrogens is 350 g/mol. The van der Waals surface area contributed by atoms with Crippen molar-refractivity contribution in [2.45, 2.75) is 32.1 Å². The number of anilines is 1. The zero-order valence-electron chi connectivity index (χ0n) is 14.8. The molecule has 1 aliphatic heterocycles. The molecule has 6 nitrogen and oxygen atoms in total. The van der Waals surface area contributed by atoms with Crippen LogP contribution in [0.2, 0.25) is 0 Å². The van der Waals surface area contributed by atoms with Gasteiger partial charge in [-0.2, -0.15) is 0 Å². The van der Waals surface area contributed by atoms with Crippen molar-refractivity contribution in [2.24, 2.45) is 5.92 Å². The fraction of sp³-hybridized carbons (Fsp3) is 0.526. The Hall–Kier alpha value is -1.99. The zero-order chi connectivity index (χ0) is 18.4. The molecule has 1 heterocycles. The number of carbonyl (C=O) groups is 2. The molecule has 0 aromatic heterocycles. The van der Waals surface area contributed by atoms with Crippen molar-refractivity contribution in [3.63, 3.8) is 0 Å². The van der Waals surface area contributed by atoms with E-state index < -0.39 is 0 Å². The van der Waals surface area contributed by atoms with Gasteiger partial charge in [0.2, 0.25) is 5.91 Å². The van der Waals surface area contributed by atoms with E-state index in [1.54, 1.807) is 17.0 Å². The van der Waals surface area contributed by atoms with Crippen LogP contribution in [0.5, 0.6) is 0 Å². The molecule has 2 aliphatic rings. The van der Waals surface area contributed by atoms with E-state index in [4.69, 9.17) is 17.0 Å². The average molecular weight is 375 g/mol. The van der Waals surface area contributed by atoms with Crippen LogP contribution in [0.1, 0.15) is 42.5 Å². The van der Waals surface area contributed by atoms with Gasteiger partial charge in [0.25, 0.3) is 5.91 Å². The predicted octanol–water partition coefficient (Wildman–Crippen LogP) is 2.55. The third kappa shape index (κ3) is 4.80. The summed E-state index contributed by atoms with van der Waals surface area (Å²) in [6, 6.07) is 7.23. The molecule has 0 radical (unpaired) electrons. The molecule has 3 rings (SSSR count). The van der Waals surface area contributed by atoms with E-state index in [0.717, 1.165) is 25.7 Å². The van der Waals surface area contributed by atoms with Crippen LogP contribution in [-0.4, -0.2) is 48.1 Å². The first-order chi connectivity index (χ1) is 12.6. The van der Waals surface area contributed by atoms with Gasteiger partial charge >= 0.3 is 0 Å². The van der Waals surface area contributed by atoms with E-state index in [9.17, 15) is 9.59 Å². The molecule has 2 fully saturated rings. The first kappa shape index (κ1) is 18.8. The lowest BCUT2D eigenvalue weighted by Crippen LogP contribution is -2.42. The van der Waals surface area contributed by atoms with Crippen LogP contribution in [0.25, 0.3) is 0 Å². The van der Waals surface area contributed by atoms with E-state index in [1.807, 2.05) is 12.1 Å². The minimum Gasteiger partial charge on any atom is -0.378 e. The van der Waals surface area contributed by atoms with Gasteiger partial charge in [0.05, 0.1) is 24.5 Å². The smallest absolute Gasteiger partial charge is 0.256 e. The van der Waals surface area contributed by atoms with Crippen LogP contribution in [0.15, 0.2) is 24.3 Å². The monoisotopic (exact) mass is 375 g/mol. The van der Waals surface area contributed by atoms with E-state index in [1.165, 1.54) is 6.42 Å². The molecule has 26 heavy (non-hydrogen) atoms. The van der Waals surface area contributed by atoms with Crippen molar-refractivity contribution >= 4 is 34.8 Å². The summed E-state index contributed by atoms with van der Waals surface area (Å²) in [5.41, 5.74) is 1.15. The average Bonchev–Trinajstić information content (AvgIpc) is 2.69. The Bertz CT molecular complexity index is 668. The quantitative estimate of drug-likeness (QED) is 0.795. The number of morpholine rings is 1. The number of para-hydroxylation sites is 1. The number of nitrogens with zero attached hydrogens (tertiary/aromatic N) is 1. The number of ether oxygens (including phenoxy) is 1. The standard InChI is InChI=1S/C19H25N3O3S/c23-17(14-6-2-1-3-7-14)21-19(26)20-16-9-5-4-8-15(16)18(24)22-10-12-25-13-11-22/h4-5,8-9,14H,1-3,6-7,10-13H2,(H2,20,21,23,26). The van der Waals surface area contributed by atoms with Crippen molar-refractivity contribution in [1.82, 2.24) is 10.2 Å². The first-order valence-corrected chi connectivity index (χ1v) is 9.64. The van der Waals surface area contributed by atoms with E-state index in [2.05, 4.69) is 10.6 Å². The molecule has 1 saturated heterocycles. The van der Waals surface area contributed by atoms with Crippen LogP contribution in [0, 0.1) is 5.92 Å². The van der Waals surface area contributed by atoms with Crippen molar-refractivity contribution in [2.75, 3.05) is 31.6 Å². The van der Waals surface area contributed by atoms with E-state index in [-0.39, 0.29) is 22.8 Å². The molecule has 2 N–H and O–H groups in total. The van der Waals surface area contributed by atoms with Crippen LogP contribution < -0.4 is 10.6 Å². The molecule has 0 bridgehead atoms. The number of hydrogen-bond donors (Lipinski definition) is 2. The molecule has 1 aliphatic carbocycles. The SMILES string of the molecule is O=C(NC(=S)Nc1ccccc1C(=O)N1CCOCC1)C1CCCCC1. The summed E-state index contributed by atoms with van der Waals surface area (Å²) in [5.74, 6) is -0.0503. The molecule has 1 aromatic carbocycles. The number of thiocarbonyl (C=S) groups is 1. The summed E-state index contributed by atoms with van der Waals surface area (Å²) >= 11 is 5.30. The van der Waals surface area contributed by atoms with Gasteiger partial charge in [0.15, 0.2) is 5.11 Å². The minimum absolute atomic E-state index is 0.0285. The number of benzene rings is 1. The molecule has 2 amide bonds.